The molecule has 0 aliphatic carbocycles. The number of nitrogens with one attached hydrogen (secondary N) is 1. The van der Waals surface area contributed by atoms with Gasteiger partial charge in [0.05, 0.1) is 6.04 Å². The third kappa shape index (κ3) is 4.79. The Morgan fingerprint density at radius 1 is 1.19 bits per heavy atom. The first-order valence-electron chi connectivity index (χ1n) is 8.16. The van der Waals surface area contributed by atoms with E-state index in [-0.39, 0.29) is 31.7 Å². The van der Waals surface area contributed by atoms with E-state index in [1.54, 1.807) is 30.3 Å². The molecule has 140 valence electrons. The van der Waals surface area contributed by atoms with Crippen LogP contribution in [0.15, 0.2) is 30.3 Å². The number of nitrogens with two attached hydrogens (primary N) is 1. The lowest BCUT2D eigenvalue weighted by Gasteiger charge is -2.24. The summed E-state index contributed by atoms with van der Waals surface area (Å²) in [5, 5.41) is 20.8. The van der Waals surface area contributed by atoms with Crippen LogP contribution in [0.4, 0.5) is 0 Å². The van der Waals surface area contributed by atoms with E-state index in [9.17, 15) is 24.3 Å². The lowest BCUT2D eigenvalue weighted by molar-refractivity contribution is -0.149. The normalized spacial score (nSPS) is 20.4. The van der Waals surface area contributed by atoms with Crippen molar-refractivity contribution in [2.45, 2.75) is 37.4 Å². The van der Waals surface area contributed by atoms with Gasteiger partial charge in [0.15, 0.2) is 0 Å². The number of hydrogen-bond donors (Lipinski definition) is 4. The zero-order valence-corrected chi connectivity index (χ0v) is 14.0. The first-order valence-corrected chi connectivity index (χ1v) is 8.16. The minimum Gasteiger partial charge on any atom is -0.481 e. The molecule has 1 saturated heterocycles. The summed E-state index contributed by atoms with van der Waals surface area (Å²) in [5.41, 5.74) is 6.14. The molecule has 0 saturated carbocycles. The van der Waals surface area contributed by atoms with Crippen molar-refractivity contribution in [3.05, 3.63) is 35.9 Å². The summed E-state index contributed by atoms with van der Waals surface area (Å²) >= 11 is 0. The SMILES string of the molecule is NC(CCC(=O)O)C(=O)N1CC(NC(=O)c2ccccc2)CC1C(=O)O. The lowest BCUT2D eigenvalue weighted by Crippen LogP contribution is -2.49. The molecule has 9 nitrogen and oxygen atoms in total. The highest BCUT2D eigenvalue weighted by Gasteiger charge is 2.41. The quantitative estimate of drug-likeness (QED) is 0.517. The summed E-state index contributed by atoms with van der Waals surface area (Å²) in [4.78, 5) is 47.8. The zero-order chi connectivity index (χ0) is 19.3. The van der Waals surface area contributed by atoms with Gasteiger partial charge in [-0.15, -0.1) is 0 Å². The summed E-state index contributed by atoms with van der Waals surface area (Å²) in [6.45, 7) is 0.00907. The predicted octanol–water partition coefficient (Wildman–Crippen LogP) is -0.337. The van der Waals surface area contributed by atoms with Crippen molar-refractivity contribution in [3.63, 3.8) is 0 Å². The van der Waals surface area contributed by atoms with Crippen molar-refractivity contribution in [2.75, 3.05) is 6.54 Å². The van der Waals surface area contributed by atoms with Gasteiger partial charge in [0, 0.05) is 31.0 Å². The molecule has 26 heavy (non-hydrogen) atoms. The summed E-state index contributed by atoms with van der Waals surface area (Å²) in [5.74, 6) is -3.27. The molecule has 1 aliphatic rings. The first kappa shape index (κ1) is 19.4. The van der Waals surface area contributed by atoms with Crippen molar-refractivity contribution in [2.24, 2.45) is 5.73 Å². The van der Waals surface area contributed by atoms with Gasteiger partial charge in [0.1, 0.15) is 6.04 Å². The topological polar surface area (TPSA) is 150 Å². The average Bonchev–Trinajstić information content (AvgIpc) is 3.03. The molecule has 1 aromatic rings. The number of aliphatic carboxylic acids is 2. The van der Waals surface area contributed by atoms with Crippen LogP contribution in [0.25, 0.3) is 0 Å². The Morgan fingerprint density at radius 3 is 2.42 bits per heavy atom. The third-order valence-corrected chi connectivity index (χ3v) is 4.23. The third-order valence-electron chi connectivity index (χ3n) is 4.23. The van der Waals surface area contributed by atoms with Crippen molar-refractivity contribution >= 4 is 23.8 Å². The van der Waals surface area contributed by atoms with Crippen LogP contribution in [-0.4, -0.2) is 63.5 Å². The molecule has 0 spiro atoms. The fourth-order valence-electron chi connectivity index (χ4n) is 2.89. The van der Waals surface area contributed by atoms with Gasteiger partial charge in [0.25, 0.3) is 5.91 Å². The Hall–Kier alpha value is -2.94. The van der Waals surface area contributed by atoms with Gasteiger partial charge in [0.2, 0.25) is 5.91 Å². The van der Waals surface area contributed by atoms with Gasteiger partial charge >= 0.3 is 11.9 Å². The molecule has 3 unspecified atom stereocenters. The van der Waals surface area contributed by atoms with Crippen molar-refractivity contribution in [1.82, 2.24) is 10.2 Å². The average molecular weight is 363 g/mol. The minimum atomic E-state index is -1.19. The second-order valence-corrected chi connectivity index (χ2v) is 6.16. The maximum atomic E-state index is 12.4. The summed E-state index contributed by atoms with van der Waals surface area (Å²) in [7, 11) is 0. The van der Waals surface area contributed by atoms with Crippen molar-refractivity contribution in [3.8, 4) is 0 Å². The minimum absolute atomic E-state index is 0.00907. The fraction of sp³-hybridized carbons (Fsp3) is 0.412. The number of carboxylic acids is 2. The van der Waals surface area contributed by atoms with E-state index >= 15 is 0 Å². The van der Waals surface area contributed by atoms with Gasteiger partial charge in [-0.3, -0.25) is 14.4 Å². The predicted molar refractivity (Wildman–Crippen MR) is 90.3 cm³/mol. The van der Waals surface area contributed by atoms with Crippen LogP contribution >= 0.6 is 0 Å². The standard InChI is InChI=1S/C17H21N3O6/c18-12(6-7-14(21)22)16(24)20-9-11(8-13(20)17(25)26)19-15(23)10-4-2-1-3-5-10/h1-5,11-13H,6-9,18H2,(H,19,23)(H,21,22)(H,25,26). The Balaban J connectivity index is 2.03. The summed E-state index contributed by atoms with van der Waals surface area (Å²) in [6, 6.07) is 5.71. The molecule has 3 atom stereocenters. The second kappa shape index (κ2) is 8.43. The van der Waals surface area contributed by atoms with E-state index in [0.717, 1.165) is 4.90 Å². The van der Waals surface area contributed by atoms with E-state index in [0.29, 0.717) is 5.56 Å². The number of likely N-dealkylation sites (tertiary alicyclic amines) is 1. The van der Waals surface area contributed by atoms with Crippen LogP contribution in [0.2, 0.25) is 0 Å². The Kier molecular flexibility index (Phi) is 6.29. The van der Waals surface area contributed by atoms with Crippen molar-refractivity contribution < 1.29 is 29.4 Å². The van der Waals surface area contributed by atoms with E-state index in [2.05, 4.69) is 5.32 Å². The van der Waals surface area contributed by atoms with Gasteiger partial charge in [-0.2, -0.15) is 0 Å². The highest BCUT2D eigenvalue weighted by atomic mass is 16.4. The number of nitrogens with zero attached hydrogens (tertiary/aromatic N) is 1. The monoisotopic (exact) mass is 363 g/mol. The first-order chi connectivity index (χ1) is 12.3. The van der Waals surface area contributed by atoms with Gasteiger partial charge < -0.3 is 26.2 Å². The number of carbonyl (C=O) groups is 4. The number of rotatable bonds is 7. The number of amides is 2. The van der Waals surface area contributed by atoms with Crippen LogP contribution in [0.3, 0.4) is 0 Å². The van der Waals surface area contributed by atoms with Gasteiger partial charge in [-0.1, -0.05) is 18.2 Å². The van der Waals surface area contributed by atoms with E-state index in [1.807, 2.05) is 0 Å². The molecular weight excluding hydrogens is 342 g/mol. The Labute approximate surface area is 149 Å². The second-order valence-electron chi connectivity index (χ2n) is 6.16. The van der Waals surface area contributed by atoms with Crippen LogP contribution in [0.1, 0.15) is 29.6 Å². The molecule has 1 fully saturated rings. The molecule has 2 amide bonds. The van der Waals surface area contributed by atoms with Gasteiger partial charge in [-0.25, -0.2) is 4.79 Å². The molecule has 1 aliphatic heterocycles. The Morgan fingerprint density at radius 2 is 1.85 bits per heavy atom. The lowest BCUT2D eigenvalue weighted by atomic mass is 10.1. The molecule has 2 rings (SSSR count). The maximum Gasteiger partial charge on any atom is 0.326 e. The van der Waals surface area contributed by atoms with Crippen LogP contribution < -0.4 is 11.1 Å². The van der Waals surface area contributed by atoms with E-state index in [4.69, 9.17) is 10.8 Å². The molecular formula is C17H21N3O6. The van der Waals surface area contributed by atoms with E-state index < -0.39 is 36.0 Å². The molecule has 0 radical (unpaired) electrons. The van der Waals surface area contributed by atoms with Crippen LogP contribution in [0.5, 0.6) is 0 Å². The van der Waals surface area contributed by atoms with Crippen LogP contribution in [0, 0.1) is 0 Å². The number of benzene rings is 1. The molecule has 1 heterocycles. The molecule has 9 heteroatoms. The molecule has 5 N–H and O–H groups in total. The number of carboxylic acid groups (broad SMARTS) is 2. The van der Waals surface area contributed by atoms with Crippen LogP contribution in [-0.2, 0) is 14.4 Å². The van der Waals surface area contributed by atoms with E-state index in [1.165, 1.54) is 0 Å². The number of hydrogen-bond acceptors (Lipinski definition) is 5. The fourth-order valence-corrected chi connectivity index (χ4v) is 2.89. The smallest absolute Gasteiger partial charge is 0.326 e. The summed E-state index contributed by atoms with van der Waals surface area (Å²) < 4.78 is 0. The highest BCUT2D eigenvalue weighted by molar-refractivity contribution is 5.94. The molecule has 0 bridgehead atoms. The zero-order valence-electron chi connectivity index (χ0n) is 14.0. The molecule has 1 aromatic carbocycles. The largest absolute Gasteiger partial charge is 0.481 e. The number of carbonyl (C=O) groups excluding carboxylic acids is 2. The van der Waals surface area contributed by atoms with Crippen molar-refractivity contribution in [1.29, 1.82) is 0 Å². The maximum absolute atomic E-state index is 12.4. The molecule has 0 aromatic heterocycles. The Bertz CT molecular complexity index is 693. The van der Waals surface area contributed by atoms with Gasteiger partial charge in [-0.05, 0) is 18.6 Å². The highest BCUT2D eigenvalue weighted by Crippen LogP contribution is 2.20. The summed E-state index contributed by atoms with van der Waals surface area (Å²) in [6.07, 6.45) is -0.310.